The lowest BCUT2D eigenvalue weighted by Gasteiger charge is -2.10. The monoisotopic (exact) mass is 407 g/mol. The van der Waals surface area contributed by atoms with Crippen molar-refractivity contribution in [2.24, 2.45) is 7.05 Å². The number of imidazole rings is 1. The van der Waals surface area contributed by atoms with Crippen LogP contribution in [0.2, 0.25) is 0 Å². The van der Waals surface area contributed by atoms with Gasteiger partial charge in [-0.15, -0.1) is 0 Å². The molecule has 0 spiro atoms. The van der Waals surface area contributed by atoms with Crippen molar-refractivity contribution in [1.29, 1.82) is 0 Å². The fourth-order valence-corrected chi connectivity index (χ4v) is 3.25. The van der Waals surface area contributed by atoms with Crippen molar-refractivity contribution in [1.82, 2.24) is 14.5 Å². The summed E-state index contributed by atoms with van der Waals surface area (Å²) in [6, 6.07) is 1.15. The minimum atomic E-state index is -4.72. The van der Waals surface area contributed by atoms with Gasteiger partial charge in [0.15, 0.2) is 21.9 Å². The molecule has 0 atom stereocenters. The predicted octanol–water partition coefficient (Wildman–Crippen LogP) is 3.23. The fraction of sp³-hybridized carbons (Fsp3) is 0.267. The number of hydrogen-bond acceptors (Lipinski definition) is 5. The van der Waals surface area contributed by atoms with E-state index in [0.29, 0.717) is 12.4 Å². The average Bonchev–Trinajstić information content (AvgIpc) is 2.94. The van der Waals surface area contributed by atoms with Gasteiger partial charge in [0.25, 0.3) is 0 Å². The number of aldehydes is 1. The standard InChI is InChI=1S/C15H13ClF3N3O3S/c1-3-26(24,25)11-4-9(8-23)6-20-13(11)14-21-7-10(22(14)2)5-12(16)15(17,18)19/h4-8H,3H2,1-2H3/b12-5+. The Morgan fingerprint density at radius 2 is 1.96 bits per heavy atom. The molecule has 2 aromatic rings. The maximum atomic E-state index is 12.6. The number of alkyl halides is 3. The number of nitrogens with zero attached hydrogens (tertiary/aromatic N) is 3. The molecule has 0 fully saturated rings. The Balaban J connectivity index is 2.66. The molecular formula is C15H13ClF3N3O3S. The van der Waals surface area contributed by atoms with E-state index in [2.05, 4.69) is 9.97 Å². The van der Waals surface area contributed by atoms with Crippen molar-refractivity contribution in [2.75, 3.05) is 5.75 Å². The van der Waals surface area contributed by atoms with Crippen LogP contribution in [0.3, 0.4) is 0 Å². The minimum Gasteiger partial charge on any atom is -0.326 e. The number of hydrogen-bond donors (Lipinski definition) is 0. The highest BCUT2D eigenvalue weighted by Gasteiger charge is 2.32. The average molecular weight is 408 g/mol. The van der Waals surface area contributed by atoms with Crippen molar-refractivity contribution in [3.8, 4) is 11.5 Å². The molecule has 140 valence electrons. The Kier molecular flexibility index (Phi) is 5.57. The van der Waals surface area contributed by atoms with Gasteiger partial charge in [-0.2, -0.15) is 13.2 Å². The number of rotatable bonds is 5. The van der Waals surface area contributed by atoms with Gasteiger partial charge < -0.3 is 4.57 Å². The van der Waals surface area contributed by atoms with E-state index in [1.165, 1.54) is 18.5 Å². The topological polar surface area (TPSA) is 81.9 Å². The Bertz CT molecular complexity index is 982. The van der Waals surface area contributed by atoms with E-state index in [4.69, 9.17) is 11.6 Å². The zero-order valence-corrected chi connectivity index (χ0v) is 15.2. The molecule has 0 bridgehead atoms. The van der Waals surface area contributed by atoms with Crippen molar-refractivity contribution in [3.63, 3.8) is 0 Å². The maximum Gasteiger partial charge on any atom is 0.427 e. The van der Waals surface area contributed by atoms with E-state index in [1.54, 1.807) is 0 Å². The molecule has 0 unspecified atom stereocenters. The zero-order valence-electron chi connectivity index (χ0n) is 13.6. The number of pyridine rings is 1. The molecule has 0 aliphatic heterocycles. The van der Waals surface area contributed by atoms with E-state index in [9.17, 15) is 26.4 Å². The molecule has 0 aliphatic carbocycles. The second kappa shape index (κ2) is 7.20. The molecule has 0 N–H and O–H groups in total. The van der Waals surface area contributed by atoms with Crippen LogP contribution in [0.15, 0.2) is 28.4 Å². The number of halogens is 4. The molecule has 0 aromatic carbocycles. The first-order valence-corrected chi connectivity index (χ1v) is 9.18. The van der Waals surface area contributed by atoms with Gasteiger partial charge in [-0.25, -0.2) is 13.4 Å². The van der Waals surface area contributed by atoms with Crippen molar-refractivity contribution in [2.45, 2.75) is 18.0 Å². The van der Waals surface area contributed by atoms with Crippen LogP contribution in [0.25, 0.3) is 17.6 Å². The molecule has 0 saturated heterocycles. The first-order valence-electron chi connectivity index (χ1n) is 7.15. The quantitative estimate of drug-likeness (QED) is 0.711. The second-order valence-corrected chi connectivity index (χ2v) is 7.85. The number of carbonyl (C=O) groups is 1. The smallest absolute Gasteiger partial charge is 0.326 e. The molecule has 2 aromatic heterocycles. The van der Waals surface area contributed by atoms with Crippen LogP contribution in [-0.4, -0.2) is 41.2 Å². The predicted molar refractivity (Wildman–Crippen MR) is 89.4 cm³/mol. The van der Waals surface area contributed by atoms with Gasteiger partial charge in [0.2, 0.25) is 0 Å². The van der Waals surface area contributed by atoms with Crippen LogP contribution < -0.4 is 0 Å². The van der Waals surface area contributed by atoms with Crippen LogP contribution in [0.1, 0.15) is 23.0 Å². The summed E-state index contributed by atoms with van der Waals surface area (Å²) in [7, 11) is -2.36. The third kappa shape index (κ3) is 3.96. The highest BCUT2D eigenvalue weighted by Crippen LogP contribution is 2.32. The van der Waals surface area contributed by atoms with Gasteiger partial charge in [-0.05, 0) is 12.1 Å². The number of carbonyl (C=O) groups excluding carboxylic acids is 1. The van der Waals surface area contributed by atoms with Crippen molar-refractivity contribution >= 4 is 33.8 Å². The summed E-state index contributed by atoms with van der Waals surface area (Å²) >= 11 is 5.23. The van der Waals surface area contributed by atoms with Gasteiger partial charge in [-0.3, -0.25) is 9.78 Å². The number of allylic oxidation sites excluding steroid dienone is 1. The molecular weight excluding hydrogens is 395 g/mol. The highest BCUT2D eigenvalue weighted by molar-refractivity contribution is 7.91. The Hall–Kier alpha value is -2.20. The van der Waals surface area contributed by atoms with Crippen LogP contribution in [-0.2, 0) is 16.9 Å². The second-order valence-electron chi connectivity index (χ2n) is 5.19. The van der Waals surface area contributed by atoms with E-state index in [0.717, 1.165) is 18.5 Å². The van der Waals surface area contributed by atoms with Crippen LogP contribution in [0.4, 0.5) is 13.2 Å². The first kappa shape index (κ1) is 20.1. The largest absolute Gasteiger partial charge is 0.427 e. The van der Waals surface area contributed by atoms with Gasteiger partial charge in [0.1, 0.15) is 10.7 Å². The van der Waals surface area contributed by atoms with E-state index in [1.807, 2.05) is 0 Å². The minimum absolute atomic E-state index is 0.00318. The molecule has 6 nitrogen and oxygen atoms in total. The fourth-order valence-electron chi connectivity index (χ4n) is 2.07. The molecule has 11 heteroatoms. The lowest BCUT2D eigenvalue weighted by molar-refractivity contribution is -0.0837. The van der Waals surface area contributed by atoms with E-state index >= 15 is 0 Å². The van der Waals surface area contributed by atoms with Gasteiger partial charge >= 0.3 is 6.18 Å². The molecule has 0 saturated carbocycles. The third-order valence-electron chi connectivity index (χ3n) is 3.51. The third-order valence-corrected chi connectivity index (χ3v) is 5.57. The molecule has 0 amide bonds. The normalized spacial score (nSPS) is 13.1. The SMILES string of the molecule is CCS(=O)(=O)c1cc(C=O)cnc1-c1ncc(/C=C(/Cl)C(F)(F)F)n1C. The molecule has 26 heavy (non-hydrogen) atoms. The molecule has 2 rings (SSSR count). The van der Waals surface area contributed by atoms with Gasteiger partial charge in [0.05, 0.1) is 22.5 Å². The van der Waals surface area contributed by atoms with Crippen LogP contribution >= 0.6 is 11.6 Å². The lowest BCUT2D eigenvalue weighted by atomic mass is 10.2. The Morgan fingerprint density at radius 1 is 1.31 bits per heavy atom. The summed E-state index contributed by atoms with van der Waals surface area (Å²) in [6.45, 7) is 1.42. The lowest BCUT2D eigenvalue weighted by Crippen LogP contribution is -2.10. The van der Waals surface area contributed by atoms with Crippen molar-refractivity contribution in [3.05, 3.63) is 34.7 Å². The molecule has 0 radical (unpaired) electrons. The summed E-state index contributed by atoms with van der Waals surface area (Å²) in [6.07, 6.45) is -1.33. The van der Waals surface area contributed by atoms with Crippen molar-refractivity contribution < 1.29 is 26.4 Å². The summed E-state index contributed by atoms with van der Waals surface area (Å²) in [4.78, 5) is 18.6. The molecule has 0 aliphatic rings. The summed E-state index contributed by atoms with van der Waals surface area (Å²) in [5.74, 6) is -0.228. The first-order chi connectivity index (χ1) is 12.0. The van der Waals surface area contributed by atoms with E-state index in [-0.39, 0.29) is 33.4 Å². The number of aromatic nitrogens is 3. The summed E-state index contributed by atoms with van der Waals surface area (Å²) < 4.78 is 63.6. The van der Waals surface area contributed by atoms with Crippen LogP contribution in [0.5, 0.6) is 0 Å². The van der Waals surface area contributed by atoms with E-state index < -0.39 is 21.0 Å². The highest BCUT2D eigenvalue weighted by atomic mass is 35.5. The van der Waals surface area contributed by atoms with Gasteiger partial charge in [-0.1, -0.05) is 18.5 Å². The van der Waals surface area contributed by atoms with Gasteiger partial charge in [0, 0.05) is 18.8 Å². The Morgan fingerprint density at radius 3 is 2.50 bits per heavy atom. The zero-order chi connectivity index (χ0) is 19.7. The number of sulfone groups is 1. The summed E-state index contributed by atoms with van der Waals surface area (Å²) in [5, 5.41) is -1.35. The van der Waals surface area contributed by atoms with Crippen LogP contribution in [0, 0.1) is 0 Å². The maximum absolute atomic E-state index is 12.6. The summed E-state index contributed by atoms with van der Waals surface area (Å²) in [5.41, 5.74) is -0.0126. The molecule has 2 heterocycles. The Labute approximate surface area is 152 Å².